The van der Waals surface area contributed by atoms with E-state index in [0.717, 1.165) is 70.6 Å². The normalized spacial score (nSPS) is 26.5. The van der Waals surface area contributed by atoms with Crippen molar-refractivity contribution in [2.75, 3.05) is 33.0 Å². The Bertz CT molecular complexity index is 1290. The smallest absolute Gasteiger partial charge is 0.306 e. The van der Waals surface area contributed by atoms with Crippen LogP contribution < -0.4 is 0 Å². The lowest BCUT2D eigenvalue weighted by atomic mass is 9.98. The van der Waals surface area contributed by atoms with E-state index in [1.54, 1.807) is 0 Å². The van der Waals surface area contributed by atoms with Gasteiger partial charge in [0.1, 0.15) is 54.9 Å². The second-order valence-electron chi connectivity index (χ2n) is 18.3. The number of unbranched alkanes of at least 4 members (excludes halogenated alkanes) is 19. The largest absolute Gasteiger partial charge is 0.457 e. The monoisotopic (exact) mass is 955 g/mol. The lowest BCUT2D eigenvalue weighted by molar-refractivity contribution is -0.332. The molecule has 0 aliphatic carbocycles. The molecule has 7 N–H and O–H groups in total. The van der Waals surface area contributed by atoms with E-state index in [4.69, 9.17) is 28.4 Å². The predicted molar refractivity (Wildman–Crippen MR) is 261 cm³/mol. The summed E-state index contributed by atoms with van der Waals surface area (Å²) in [7, 11) is 0. The summed E-state index contributed by atoms with van der Waals surface area (Å²) in [6, 6.07) is 0. The maximum Gasteiger partial charge on any atom is 0.306 e. The van der Waals surface area contributed by atoms with Crippen molar-refractivity contribution in [1.82, 2.24) is 0 Å². The van der Waals surface area contributed by atoms with E-state index in [1.165, 1.54) is 83.5 Å². The molecule has 0 spiro atoms. The minimum absolute atomic E-state index is 0.0502. The molecule has 11 unspecified atom stereocenters. The van der Waals surface area contributed by atoms with E-state index in [-0.39, 0.29) is 25.6 Å². The first-order valence-electron chi connectivity index (χ1n) is 26.2. The molecule has 0 aromatic rings. The molecule has 390 valence electrons. The Morgan fingerprint density at radius 1 is 0.493 bits per heavy atom. The molecule has 0 bridgehead atoms. The number of rotatable bonds is 41. The Labute approximate surface area is 403 Å². The molecule has 0 radical (unpaired) electrons. The van der Waals surface area contributed by atoms with Crippen LogP contribution in [0.5, 0.6) is 0 Å². The zero-order chi connectivity index (χ0) is 48.7. The standard InChI is InChI=1S/C53H94O14/c1-3-5-7-9-11-13-15-17-19-21-22-24-26-28-30-32-34-36-45(55)65-42(39-62-37-35-33-31-29-27-25-23-20-18-16-14-12-10-8-6-4-2)40-63-52-51(61)49(59)47(57)44(67-52)41-64-53-50(60)48(58)46(56)43(38-54)66-53/h11-14,17-20,42-44,46-54,56-61H,3-10,15-16,21-41H2,1-2H3/b13-11-,14-12-,19-17-,20-18-. The van der Waals surface area contributed by atoms with Crippen LogP contribution in [0.15, 0.2) is 48.6 Å². The van der Waals surface area contributed by atoms with Crippen LogP contribution in [-0.4, -0.2) is 142 Å². The quantitative estimate of drug-likeness (QED) is 0.0176. The van der Waals surface area contributed by atoms with Gasteiger partial charge in [-0.05, 0) is 77.0 Å². The lowest BCUT2D eigenvalue weighted by Gasteiger charge is -2.42. The fourth-order valence-corrected chi connectivity index (χ4v) is 7.99. The Morgan fingerprint density at radius 2 is 0.925 bits per heavy atom. The number of allylic oxidation sites excluding steroid dienone is 8. The summed E-state index contributed by atoms with van der Waals surface area (Å²) in [5.41, 5.74) is 0. The molecule has 0 aromatic heterocycles. The van der Waals surface area contributed by atoms with Crippen molar-refractivity contribution in [3.05, 3.63) is 48.6 Å². The van der Waals surface area contributed by atoms with Crippen molar-refractivity contribution in [3.63, 3.8) is 0 Å². The SMILES string of the molecule is CCCCC/C=C\C/C=C\CCCCCCCCCC(=O)OC(COCCCCCCCC/C=C\C/C=C\CCCCC)COC1OC(COC2OC(CO)C(O)C(O)C2O)C(O)C(O)C1O. The van der Waals surface area contributed by atoms with Gasteiger partial charge in [0.2, 0.25) is 0 Å². The number of aliphatic hydroxyl groups excluding tert-OH is 7. The lowest BCUT2D eigenvalue weighted by Crippen LogP contribution is -2.61. The highest BCUT2D eigenvalue weighted by atomic mass is 16.7. The van der Waals surface area contributed by atoms with Crippen LogP contribution in [-0.2, 0) is 33.2 Å². The van der Waals surface area contributed by atoms with E-state index in [1.807, 2.05) is 0 Å². The summed E-state index contributed by atoms with van der Waals surface area (Å²) in [6.07, 6.45) is 30.2. The molecule has 0 amide bonds. The van der Waals surface area contributed by atoms with Crippen molar-refractivity contribution in [1.29, 1.82) is 0 Å². The molecule has 2 saturated heterocycles. The number of hydrogen-bond acceptors (Lipinski definition) is 14. The minimum atomic E-state index is -1.71. The minimum Gasteiger partial charge on any atom is -0.457 e. The maximum absolute atomic E-state index is 13.0. The van der Waals surface area contributed by atoms with Gasteiger partial charge in [0.25, 0.3) is 0 Å². The summed E-state index contributed by atoms with van der Waals surface area (Å²) in [5.74, 6) is -0.389. The van der Waals surface area contributed by atoms with E-state index >= 15 is 0 Å². The van der Waals surface area contributed by atoms with Crippen LogP contribution in [0.4, 0.5) is 0 Å². The fraction of sp³-hybridized carbons (Fsp3) is 0.830. The zero-order valence-electron chi connectivity index (χ0n) is 41.4. The number of esters is 1. The highest BCUT2D eigenvalue weighted by Gasteiger charge is 2.47. The van der Waals surface area contributed by atoms with E-state index in [2.05, 4.69) is 62.5 Å². The molecule has 2 fully saturated rings. The Morgan fingerprint density at radius 3 is 1.43 bits per heavy atom. The van der Waals surface area contributed by atoms with Crippen molar-refractivity contribution in [3.8, 4) is 0 Å². The van der Waals surface area contributed by atoms with Crippen molar-refractivity contribution in [2.24, 2.45) is 0 Å². The van der Waals surface area contributed by atoms with Gasteiger partial charge >= 0.3 is 5.97 Å². The van der Waals surface area contributed by atoms with E-state index in [0.29, 0.717) is 13.0 Å². The van der Waals surface area contributed by atoms with Gasteiger partial charge < -0.3 is 64.2 Å². The number of carbonyl (C=O) groups is 1. The Hall–Kier alpha value is -2.05. The van der Waals surface area contributed by atoms with Gasteiger partial charge in [-0.2, -0.15) is 0 Å². The molecule has 2 aliphatic rings. The molecule has 2 aliphatic heterocycles. The number of hydrogen-bond donors (Lipinski definition) is 7. The molecule has 11 atom stereocenters. The van der Waals surface area contributed by atoms with Crippen LogP contribution in [0.1, 0.15) is 181 Å². The first-order chi connectivity index (χ1) is 32.6. The predicted octanol–water partition coefficient (Wildman–Crippen LogP) is 7.96. The number of aliphatic hydroxyl groups is 7. The highest BCUT2D eigenvalue weighted by Crippen LogP contribution is 2.26. The summed E-state index contributed by atoms with van der Waals surface area (Å²) < 4.78 is 34.3. The summed E-state index contributed by atoms with van der Waals surface area (Å²) >= 11 is 0. The molecule has 14 heteroatoms. The molecule has 2 rings (SSSR count). The highest BCUT2D eigenvalue weighted by molar-refractivity contribution is 5.69. The third-order valence-corrected chi connectivity index (χ3v) is 12.3. The molecule has 14 nitrogen and oxygen atoms in total. The average Bonchev–Trinajstić information content (AvgIpc) is 3.32. The van der Waals surface area contributed by atoms with Gasteiger partial charge in [-0.3, -0.25) is 4.79 Å². The molecule has 0 aromatic carbocycles. The van der Waals surface area contributed by atoms with Gasteiger partial charge in [-0.25, -0.2) is 0 Å². The average molecular weight is 955 g/mol. The second-order valence-corrected chi connectivity index (χ2v) is 18.3. The summed E-state index contributed by atoms with van der Waals surface area (Å²) in [5, 5.41) is 72.1. The van der Waals surface area contributed by atoms with Crippen molar-refractivity contribution >= 4 is 5.97 Å². The van der Waals surface area contributed by atoms with Crippen LogP contribution in [0.3, 0.4) is 0 Å². The number of carbonyl (C=O) groups excluding carboxylic acids is 1. The second kappa shape index (κ2) is 40.7. The van der Waals surface area contributed by atoms with Gasteiger partial charge in [-0.15, -0.1) is 0 Å². The van der Waals surface area contributed by atoms with E-state index in [9.17, 15) is 40.5 Å². The Kier molecular flexibility index (Phi) is 37.1. The number of ether oxygens (including phenoxy) is 6. The van der Waals surface area contributed by atoms with Crippen molar-refractivity contribution < 1.29 is 69.0 Å². The molecule has 2 heterocycles. The molecule has 67 heavy (non-hydrogen) atoms. The summed E-state index contributed by atoms with van der Waals surface area (Å²) in [4.78, 5) is 13.0. The third kappa shape index (κ3) is 28.4. The zero-order valence-corrected chi connectivity index (χ0v) is 41.4. The summed E-state index contributed by atoms with van der Waals surface area (Å²) in [6.45, 7) is 3.60. The van der Waals surface area contributed by atoms with Crippen LogP contribution in [0.2, 0.25) is 0 Å². The van der Waals surface area contributed by atoms with Crippen LogP contribution >= 0.6 is 0 Å². The molecular weight excluding hydrogens is 861 g/mol. The van der Waals surface area contributed by atoms with E-state index < -0.39 is 80.7 Å². The van der Waals surface area contributed by atoms with Gasteiger partial charge in [0.15, 0.2) is 12.6 Å². The molecule has 0 saturated carbocycles. The Balaban J connectivity index is 1.77. The fourth-order valence-electron chi connectivity index (χ4n) is 7.99. The first kappa shape index (κ1) is 61.1. The van der Waals surface area contributed by atoms with Gasteiger partial charge in [0, 0.05) is 13.0 Å². The molecular formula is C53H94O14. The van der Waals surface area contributed by atoms with Crippen molar-refractivity contribution in [2.45, 2.75) is 248 Å². The van der Waals surface area contributed by atoms with Gasteiger partial charge in [0.05, 0.1) is 26.4 Å². The topological polar surface area (TPSA) is 214 Å². The maximum atomic E-state index is 13.0. The third-order valence-electron chi connectivity index (χ3n) is 12.3. The van der Waals surface area contributed by atoms with Gasteiger partial charge in [-0.1, -0.05) is 146 Å². The van der Waals surface area contributed by atoms with Crippen LogP contribution in [0, 0.1) is 0 Å². The van der Waals surface area contributed by atoms with Crippen LogP contribution in [0.25, 0.3) is 0 Å². The first-order valence-corrected chi connectivity index (χ1v) is 26.2.